The lowest BCUT2D eigenvalue weighted by Gasteiger charge is -2.11. The zero-order chi connectivity index (χ0) is 12.0. The number of anilines is 1. The van der Waals surface area contributed by atoms with E-state index < -0.39 is 11.9 Å². The lowest BCUT2D eigenvalue weighted by molar-refractivity contribution is 0.211. The van der Waals surface area contributed by atoms with E-state index in [0.29, 0.717) is 11.3 Å². The average Bonchev–Trinajstić information content (AvgIpc) is 2.28. The quantitative estimate of drug-likeness (QED) is 0.776. The second-order valence-electron chi connectivity index (χ2n) is 3.34. The summed E-state index contributed by atoms with van der Waals surface area (Å²) in [5, 5.41) is 20.4. The first-order valence-corrected chi connectivity index (χ1v) is 5.34. The minimum atomic E-state index is -0.708. The first-order chi connectivity index (χ1) is 7.67. The molecule has 0 heterocycles. The third-order valence-corrected chi connectivity index (χ3v) is 2.38. The highest BCUT2D eigenvalue weighted by Crippen LogP contribution is 2.16. The molecule has 1 atom stereocenters. The number of alkyl halides is 1. The van der Waals surface area contributed by atoms with Gasteiger partial charge in [0.05, 0.1) is 30.2 Å². The Morgan fingerprint density at radius 1 is 1.56 bits per heavy atom. The Bertz CT molecular complexity index is 392. The van der Waals surface area contributed by atoms with Gasteiger partial charge in [0, 0.05) is 6.54 Å². The number of rotatable bonds is 5. The molecule has 0 spiro atoms. The first kappa shape index (κ1) is 12.8. The molecule has 2 N–H and O–H groups in total. The molecule has 86 valence electrons. The van der Waals surface area contributed by atoms with Crippen LogP contribution < -0.4 is 5.32 Å². The van der Waals surface area contributed by atoms with Crippen molar-refractivity contribution in [1.29, 1.82) is 5.26 Å². The van der Waals surface area contributed by atoms with Crippen molar-refractivity contribution in [3.63, 3.8) is 0 Å². The summed E-state index contributed by atoms with van der Waals surface area (Å²) in [6.45, 7) is 0.192. The molecule has 0 amide bonds. The van der Waals surface area contributed by atoms with E-state index in [2.05, 4.69) is 5.32 Å². The van der Waals surface area contributed by atoms with E-state index in [1.54, 1.807) is 12.1 Å². The SMILES string of the molecule is N#CCc1ccc(NCC(O)CCl)c(F)c1. The molecule has 0 aromatic heterocycles. The van der Waals surface area contributed by atoms with E-state index in [1.165, 1.54) is 6.07 Å². The van der Waals surface area contributed by atoms with Crippen LogP contribution in [0.3, 0.4) is 0 Å². The summed E-state index contributed by atoms with van der Waals surface area (Å²) in [6, 6.07) is 6.46. The van der Waals surface area contributed by atoms with Crippen molar-refractivity contribution >= 4 is 17.3 Å². The molecule has 0 saturated heterocycles. The van der Waals surface area contributed by atoms with Crippen molar-refractivity contribution in [2.24, 2.45) is 0 Å². The van der Waals surface area contributed by atoms with Gasteiger partial charge in [-0.3, -0.25) is 0 Å². The van der Waals surface area contributed by atoms with Crippen molar-refractivity contribution < 1.29 is 9.50 Å². The molecule has 1 unspecified atom stereocenters. The van der Waals surface area contributed by atoms with Crippen LogP contribution in [0.5, 0.6) is 0 Å². The maximum Gasteiger partial charge on any atom is 0.146 e. The number of hydrogen-bond acceptors (Lipinski definition) is 3. The summed E-state index contributed by atoms with van der Waals surface area (Å²) < 4.78 is 13.4. The average molecular weight is 243 g/mol. The first-order valence-electron chi connectivity index (χ1n) is 4.80. The summed E-state index contributed by atoms with van der Waals surface area (Å²) in [5.41, 5.74) is 0.925. The van der Waals surface area contributed by atoms with Gasteiger partial charge in [-0.1, -0.05) is 6.07 Å². The zero-order valence-electron chi connectivity index (χ0n) is 8.58. The normalized spacial score (nSPS) is 11.9. The summed E-state index contributed by atoms with van der Waals surface area (Å²) in [5.74, 6) is -0.337. The van der Waals surface area contributed by atoms with E-state index in [0.717, 1.165) is 0 Å². The maximum atomic E-state index is 13.4. The number of nitriles is 1. The summed E-state index contributed by atoms with van der Waals surface area (Å²) in [4.78, 5) is 0. The van der Waals surface area contributed by atoms with Crippen LogP contribution in [-0.4, -0.2) is 23.6 Å². The van der Waals surface area contributed by atoms with Crippen LogP contribution >= 0.6 is 11.6 Å². The molecule has 0 aliphatic heterocycles. The van der Waals surface area contributed by atoms with Crippen molar-refractivity contribution in [2.45, 2.75) is 12.5 Å². The zero-order valence-corrected chi connectivity index (χ0v) is 9.34. The van der Waals surface area contributed by atoms with Crippen LogP contribution in [0.15, 0.2) is 18.2 Å². The lowest BCUT2D eigenvalue weighted by atomic mass is 10.1. The van der Waals surface area contributed by atoms with Crippen molar-refractivity contribution in [3.05, 3.63) is 29.6 Å². The molecule has 16 heavy (non-hydrogen) atoms. The van der Waals surface area contributed by atoms with Crippen LogP contribution in [0.1, 0.15) is 5.56 Å². The largest absolute Gasteiger partial charge is 0.390 e. The Balaban J connectivity index is 2.65. The second kappa shape index (κ2) is 6.31. The van der Waals surface area contributed by atoms with Gasteiger partial charge in [0.2, 0.25) is 0 Å². The number of hydrogen-bond donors (Lipinski definition) is 2. The molecule has 0 fully saturated rings. The van der Waals surface area contributed by atoms with Crippen LogP contribution in [0.25, 0.3) is 0 Å². The third-order valence-electron chi connectivity index (χ3n) is 2.02. The summed E-state index contributed by atoms with van der Waals surface area (Å²) in [7, 11) is 0. The predicted molar refractivity (Wildman–Crippen MR) is 60.9 cm³/mol. The monoisotopic (exact) mass is 242 g/mol. The van der Waals surface area contributed by atoms with E-state index in [-0.39, 0.29) is 18.8 Å². The van der Waals surface area contributed by atoms with E-state index >= 15 is 0 Å². The van der Waals surface area contributed by atoms with Crippen LogP contribution in [0.2, 0.25) is 0 Å². The van der Waals surface area contributed by atoms with Gasteiger partial charge in [-0.2, -0.15) is 5.26 Å². The number of nitrogens with one attached hydrogen (secondary N) is 1. The fourth-order valence-electron chi connectivity index (χ4n) is 1.19. The molecule has 1 aromatic rings. The predicted octanol–water partition coefficient (Wildman–Crippen LogP) is 1.90. The summed E-state index contributed by atoms with van der Waals surface area (Å²) >= 11 is 5.40. The fourth-order valence-corrected chi connectivity index (χ4v) is 1.29. The van der Waals surface area contributed by atoms with Crippen LogP contribution in [0, 0.1) is 17.1 Å². The Morgan fingerprint density at radius 2 is 2.31 bits per heavy atom. The smallest absolute Gasteiger partial charge is 0.146 e. The number of benzene rings is 1. The molecule has 0 bridgehead atoms. The Labute approximate surface area is 98.5 Å². The molecule has 1 rings (SSSR count). The highest BCUT2D eigenvalue weighted by molar-refractivity contribution is 6.18. The topological polar surface area (TPSA) is 56.0 Å². The van der Waals surface area contributed by atoms with Crippen LogP contribution in [0.4, 0.5) is 10.1 Å². The highest BCUT2D eigenvalue weighted by atomic mass is 35.5. The van der Waals surface area contributed by atoms with Crippen molar-refractivity contribution in [1.82, 2.24) is 0 Å². The second-order valence-corrected chi connectivity index (χ2v) is 3.65. The van der Waals surface area contributed by atoms with Gasteiger partial charge in [-0.15, -0.1) is 11.6 Å². The van der Waals surface area contributed by atoms with Gasteiger partial charge in [-0.05, 0) is 17.7 Å². The van der Waals surface area contributed by atoms with Crippen LogP contribution in [-0.2, 0) is 6.42 Å². The Morgan fingerprint density at radius 3 is 2.88 bits per heavy atom. The molecule has 1 aromatic carbocycles. The highest BCUT2D eigenvalue weighted by Gasteiger charge is 2.06. The molecular formula is C11H12ClFN2O. The molecule has 3 nitrogen and oxygen atoms in total. The summed E-state index contributed by atoms with van der Waals surface area (Å²) in [6.07, 6.45) is -0.526. The molecule has 5 heteroatoms. The fraction of sp³-hybridized carbons (Fsp3) is 0.364. The number of aliphatic hydroxyl groups is 1. The van der Waals surface area contributed by atoms with E-state index in [1.807, 2.05) is 6.07 Å². The van der Waals surface area contributed by atoms with Gasteiger partial charge in [0.15, 0.2) is 0 Å². The standard InChI is InChI=1S/C11H12ClFN2O/c12-6-9(16)7-15-11-2-1-8(3-4-14)5-10(11)13/h1-2,5,9,15-16H,3,6-7H2. The maximum absolute atomic E-state index is 13.4. The van der Waals surface area contributed by atoms with Gasteiger partial charge in [-0.25, -0.2) is 4.39 Å². The van der Waals surface area contributed by atoms with Gasteiger partial charge < -0.3 is 10.4 Å². The Kier molecular flexibility index (Phi) is 5.03. The van der Waals surface area contributed by atoms with Gasteiger partial charge >= 0.3 is 0 Å². The van der Waals surface area contributed by atoms with Gasteiger partial charge in [0.25, 0.3) is 0 Å². The minimum Gasteiger partial charge on any atom is -0.390 e. The number of aliphatic hydroxyl groups excluding tert-OH is 1. The Hall–Kier alpha value is -1.31. The van der Waals surface area contributed by atoms with E-state index in [9.17, 15) is 9.50 Å². The van der Waals surface area contributed by atoms with E-state index in [4.69, 9.17) is 16.9 Å². The number of halogens is 2. The molecular weight excluding hydrogens is 231 g/mol. The minimum absolute atomic E-state index is 0.0983. The molecule has 0 saturated carbocycles. The van der Waals surface area contributed by atoms with Crippen molar-refractivity contribution in [2.75, 3.05) is 17.7 Å². The molecule has 0 aliphatic carbocycles. The van der Waals surface area contributed by atoms with Crippen molar-refractivity contribution in [3.8, 4) is 6.07 Å². The number of nitrogens with zero attached hydrogens (tertiary/aromatic N) is 1. The van der Waals surface area contributed by atoms with Gasteiger partial charge in [0.1, 0.15) is 5.82 Å². The lowest BCUT2D eigenvalue weighted by Crippen LogP contribution is -2.21. The third kappa shape index (κ3) is 3.69. The molecule has 0 aliphatic rings. The molecule has 0 radical (unpaired) electrons.